The summed E-state index contributed by atoms with van der Waals surface area (Å²) < 4.78 is 0. The van der Waals surface area contributed by atoms with E-state index in [4.69, 9.17) is 4.98 Å². The van der Waals surface area contributed by atoms with Gasteiger partial charge in [0.25, 0.3) is 0 Å². The highest BCUT2D eigenvalue weighted by Gasteiger charge is 2.28. The molecule has 0 aliphatic carbocycles. The number of thiazole rings is 1. The van der Waals surface area contributed by atoms with Gasteiger partial charge in [0, 0.05) is 41.1 Å². The number of anilines is 2. The third-order valence-electron chi connectivity index (χ3n) is 5.61. The van der Waals surface area contributed by atoms with Crippen LogP contribution in [0, 0.1) is 0 Å². The lowest BCUT2D eigenvalue weighted by Crippen LogP contribution is -2.40. The molecule has 2 aliphatic rings. The maximum absolute atomic E-state index is 12.8. The van der Waals surface area contributed by atoms with Gasteiger partial charge in [0.05, 0.1) is 6.54 Å². The highest BCUT2D eigenvalue weighted by Crippen LogP contribution is 2.33. The quantitative estimate of drug-likeness (QED) is 0.681. The molecule has 148 valence electrons. The standard InChI is InChI=1S/C22H23N5OS/c28-22-24-19-6-4-5-17(13-26-11-2-1-3-12-26)18(19)14-27(22)20-15-29-21(25-20)16-7-9-23-10-8-16/h4-10,15H,1-3,11-14H2,(H,24,28). The Labute approximate surface area is 174 Å². The van der Waals surface area contributed by atoms with Crippen LogP contribution in [0.15, 0.2) is 48.1 Å². The molecular formula is C22H23N5OS. The summed E-state index contributed by atoms with van der Waals surface area (Å²) in [4.78, 5) is 25.8. The SMILES string of the molecule is O=C1Nc2cccc(CN3CCCCC3)c2CN1c1csc(-c2ccncc2)n1. The Morgan fingerprint density at radius 2 is 1.90 bits per heavy atom. The van der Waals surface area contributed by atoms with E-state index in [1.165, 1.54) is 30.4 Å². The fourth-order valence-electron chi connectivity index (χ4n) is 4.06. The molecule has 0 atom stereocenters. The number of nitrogens with zero attached hydrogens (tertiary/aromatic N) is 4. The van der Waals surface area contributed by atoms with Gasteiger partial charge >= 0.3 is 6.03 Å². The van der Waals surface area contributed by atoms with Gasteiger partial charge in [0.2, 0.25) is 0 Å². The molecule has 3 aromatic rings. The van der Waals surface area contributed by atoms with Gasteiger partial charge in [-0.15, -0.1) is 11.3 Å². The van der Waals surface area contributed by atoms with Gasteiger partial charge in [-0.05, 0) is 49.7 Å². The van der Waals surface area contributed by atoms with Gasteiger partial charge in [-0.1, -0.05) is 18.6 Å². The van der Waals surface area contributed by atoms with Crippen LogP contribution in [0.2, 0.25) is 0 Å². The molecule has 1 saturated heterocycles. The number of rotatable bonds is 4. The summed E-state index contributed by atoms with van der Waals surface area (Å²) in [6.45, 7) is 3.79. The fourth-order valence-corrected chi connectivity index (χ4v) is 4.87. The van der Waals surface area contributed by atoms with E-state index < -0.39 is 0 Å². The lowest BCUT2D eigenvalue weighted by atomic mass is 10.0. The molecule has 1 fully saturated rings. The van der Waals surface area contributed by atoms with Crippen LogP contribution in [-0.4, -0.2) is 34.0 Å². The smallest absolute Gasteiger partial charge is 0.307 e. The second-order valence-corrected chi connectivity index (χ2v) is 8.40. The summed E-state index contributed by atoms with van der Waals surface area (Å²) in [5.41, 5.74) is 4.42. The molecule has 6 nitrogen and oxygen atoms in total. The van der Waals surface area contributed by atoms with Crippen LogP contribution in [0.5, 0.6) is 0 Å². The maximum Gasteiger partial charge on any atom is 0.327 e. The number of aromatic nitrogens is 2. The van der Waals surface area contributed by atoms with E-state index in [-0.39, 0.29) is 6.03 Å². The minimum absolute atomic E-state index is 0.126. The summed E-state index contributed by atoms with van der Waals surface area (Å²) >= 11 is 1.54. The summed E-state index contributed by atoms with van der Waals surface area (Å²) in [5.74, 6) is 0.692. The van der Waals surface area contributed by atoms with E-state index in [1.54, 1.807) is 28.6 Å². The zero-order chi connectivity index (χ0) is 19.6. The van der Waals surface area contributed by atoms with Gasteiger partial charge in [-0.25, -0.2) is 9.78 Å². The third kappa shape index (κ3) is 3.75. The first-order chi connectivity index (χ1) is 14.3. The molecule has 0 unspecified atom stereocenters. The number of carbonyl (C=O) groups excluding carboxylic acids is 1. The van der Waals surface area contributed by atoms with Crippen molar-refractivity contribution in [2.45, 2.75) is 32.4 Å². The summed E-state index contributed by atoms with van der Waals surface area (Å²) in [6.07, 6.45) is 7.39. The minimum Gasteiger partial charge on any atom is -0.307 e. The van der Waals surface area contributed by atoms with Gasteiger partial charge in [0.15, 0.2) is 0 Å². The number of benzene rings is 1. The number of urea groups is 1. The first-order valence-corrected chi connectivity index (χ1v) is 10.9. The van der Waals surface area contributed by atoms with Gasteiger partial charge in [0.1, 0.15) is 10.8 Å². The predicted octanol–water partition coefficient (Wildman–Crippen LogP) is 4.74. The van der Waals surface area contributed by atoms with Gasteiger partial charge in [-0.3, -0.25) is 14.8 Å². The second kappa shape index (κ2) is 7.93. The fraction of sp³-hybridized carbons (Fsp3) is 0.318. The maximum atomic E-state index is 12.8. The van der Waals surface area contributed by atoms with Crippen molar-refractivity contribution in [2.24, 2.45) is 0 Å². The molecule has 2 aromatic heterocycles. The highest BCUT2D eigenvalue weighted by atomic mass is 32.1. The molecule has 5 rings (SSSR count). The van der Waals surface area contributed by atoms with Crippen molar-refractivity contribution < 1.29 is 4.79 Å². The molecule has 1 aromatic carbocycles. The van der Waals surface area contributed by atoms with Gasteiger partial charge < -0.3 is 5.32 Å². The lowest BCUT2D eigenvalue weighted by molar-refractivity contribution is 0.220. The number of nitrogens with one attached hydrogen (secondary N) is 1. The van der Waals surface area contributed by atoms with Crippen LogP contribution in [0.25, 0.3) is 10.6 Å². The van der Waals surface area contributed by atoms with Crippen molar-refractivity contribution in [1.29, 1.82) is 0 Å². The highest BCUT2D eigenvalue weighted by molar-refractivity contribution is 7.13. The molecule has 29 heavy (non-hydrogen) atoms. The molecule has 0 bridgehead atoms. The molecule has 4 heterocycles. The minimum atomic E-state index is -0.126. The number of likely N-dealkylation sites (tertiary alicyclic amines) is 1. The topological polar surface area (TPSA) is 61.4 Å². The Morgan fingerprint density at radius 1 is 1.07 bits per heavy atom. The zero-order valence-electron chi connectivity index (χ0n) is 16.2. The number of carbonyl (C=O) groups is 1. The van der Waals surface area contributed by atoms with Crippen molar-refractivity contribution in [3.05, 3.63) is 59.2 Å². The molecule has 2 aliphatic heterocycles. The van der Waals surface area contributed by atoms with Crippen molar-refractivity contribution in [3.63, 3.8) is 0 Å². The Bertz CT molecular complexity index is 1010. The molecule has 7 heteroatoms. The summed E-state index contributed by atoms with van der Waals surface area (Å²) in [6, 6.07) is 9.97. The molecule has 1 N–H and O–H groups in total. The number of hydrogen-bond acceptors (Lipinski definition) is 5. The zero-order valence-corrected chi connectivity index (χ0v) is 17.0. The van der Waals surface area contributed by atoms with Crippen molar-refractivity contribution >= 4 is 28.9 Å². The predicted molar refractivity (Wildman–Crippen MR) is 116 cm³/mol. The Hall–Kier alpha value is -2.77. The van der Waals surface area contributed by atoms with Crippen LogP contribution in [0.3, 0.4) is 0 Å². The van der Waals surface area contributed by atoms with Crippen LogP contribution in [0.1, 0.15) is 30.4 Å². The number of fused-ring (bicyclic) bond motifs is 1. The van der Waals surface area contributed by atoms with Crippen molar-refractivity contribution in [1.82, 2.24) is 14.9 Å². The number of amides is 2. The largest absolute Gasteiger partial charge is 0.327 e. The van der Waals surface area contributed by atoms with E-state index >= 15 is 0 Å². The number of pyridine rings is 1. The summed E-state index contributed by atoms with van der Waals surface area (Å²) in [5, 5.41) is 5.90. The third-order valence-corrected chi connectivity index (χ3v) is 6.49. The molecule has 2 amide bonds. The Balaban J connectivity index is 1.41. The van der Waals surface area contributed by atoms with Crippen LogP contribution < -0.4 is 10.2 Å². The first-order valence-electron chi connectivity index (χ1n) is 10.1. The van der Waals surface area contributed by atoms with Crippen molar-refractivity contribution in [3.8, 4) is 10.6 Å². The normalized spacial score (nSPS) is 17.1. The molecule has 0 radical (unpaired) electrons. The number of hydrogen-bond donors (Lipinski definition) is 1. The van der Waals surface area contributed by atoms with Crippen LogP contribution in [-0.2, 0) is 13.1 Å². The van der Waals surface area contributed by atoms with E-state index in [2.05, 4.69) is 21.3 Å². The summed E-state index contributed by atoms with van der Waals surface area (Å²) in [7, 11) is 0. The monoisotopic (exact) mass is 405 g/mol. The molecular weight excluding hydrogens is 382 g/mol. The van der Waals surface area contributed by atoms with Gasteiger partial charge in [-0.2, -0.15) is 0 Å². The molecule has 0 spiro atoms. The van der Waals surface area contributed by atoms with E-state index in [1.807, 2.05) is 29.6 Å². The number of piperidine rings is 1. The average Bonchev–Trinajstić information content (AvgIpc) is 3.25. The van der Waals surface area contributed by atoms with E-state index in [0.29, 0.717) is 12.4 Å². The first kappa shape index (κ1) is 18.3. The Morgan fingerprint density at radius 3 is 2.72 bits per heavy atom. The lowest BCUT2D eigenvalue weighted by Gasteiger charge is -2.32. The second-order valence-electron chi connectivity index (χ2n) is 7.54. The van der Waals surface area contributed by atoms with Crippen molar-refractivity contribution in [2.75, 3.05) is 23.3 Å². The van der Waals surface area contributed by atoms with Crippen LogP contribution in [0.4, 0.5) is 16.3 Å². The van der Waals surface area contributed by atoms with E-state index in [9.17, 15) is 4.79 Å². The van der Waals surface area contributed by atoms with Crippen LogP contribution >= 0.6 is 11.3 Å². The average molecular weight is 406 g/mol. The van der Waals surface area contributed by atoms with E-state index in [0.717, 1.165) is 35.9 Å². The molecule has 0 saturated carbocycles. The Kier molecular flexibility index (Phi) is 4.99.